The Morgan fingerprint density at radius 2 is 1.07 bits per heavy atom. The van der Waals surface area contributed by atoms with Crippen molar-refractivity contribution in [2.24, 2.45) is 0 Å². The molecule has 0 aliphatic carbocycles. The van der Waals surface area contributed by atoms with E-state index in [0.717, 1.165) is 38.8 Å². The molecule has 158 valence electrons. The van der Waals surface area contributed by atoms with Crippen molar-refractivity contribution >= 4 is 5.97 Å². The third-order valence-corrected chi connectivity index (χ3v) is 4.82. The minimum Gasteiger partial charge on any atom is -0.549 e. The number of carbonyl (C=O) groups is 1. The van der Waals surface area contributed by atoms with Crippen molar-refractivity contribution in [2.75, 3.05) is 19.6 Å². The van der Waals surface area contributed by atoms with Crippen LogP contribution in [0, 0.1) is 0 Å². The van der Waals surface area contributed by atoms with E-state index in [2.05, 4.69) is 38.2 Å². The molecule has 0 amide bonds. The Kier molecular flexibility index (Phi) is 26.8. The van der Waals surface area contributed by atoms with Gasteiger partial charge in [0.25, 0.3) is 0 Å². The smallest absolute Gasteiger partial charge is 0.549 e. The molecular weight excluding hydrogens is 357 g/mol. The quantitative estimate of drug-likeness (QED) is 0.179. The van der Waals surface area contributed by atoms with E-state index in [9.17, 15) is 9.90 Å². The largest absolute Gasteiger partial charge is 1.00 e. The molecule has 0 bridgehead atoms. The van der Waals surface area contributed by atoms with Gasteiger partial charge in [0.05, 0.1) is 5.97 Å². The van der Waals surface area contributed by atoms with Crippen molar-refractivity contribution in [3.8, 4) is 0 Å². The standard InChI is InChI=1S/C24H45NO2.Na/c1-3-5-7-9-11-13-15-17-19-21-25(23-24(26)27)22-20-18-16-14-12-10-8-6-4-2;/h13-16H,3-12,17-23H2,1-2H3,(H,26,27);/q;+1/p-1/b15-13+,16-14+;. The molecule has 0 aromatic heterocycles. The number of carboxylic acid groups (broad SMARTS) is 1. The van der Waals surface area contributed by atoms with E-state index in [1.165, 1.54) is 64.2 Å². The minimum atomic E-state index is -0.965. The second-order valence-corrected chi connectivity index (χ2v) is 7.57. The van der Waals surface area contributed by atoms with Gasteiger partial charge in [-0.05, 0) is 64.5 Å². The van der Waals surface area contributed by atoms with Gasteiger partial charge in [0.1, 0.15) is 0 Å². The first kappa shape index (κ1) is 30.1. The average Bonchev–Trinajstić information content (AvgIpc) is 2.64. The van der Waals surface area contributed by atoms with E-state index in [0.29, 0.717) is 0 Å². The minimum absolute atomic E-state index is 0. The van der Waals surface area contributed by atoms with E-state index in [-0.39, 0.29) is 36.1 Å². The Morgan fingerprint density at radius 1 is 0.679 bits per heavy atom. The summed E-state index contributed by atoms with van der Waals surface area (Å²) >= 11 is 0. The van der Waals surface area contributed by atoms with E-state index >= 15 is 0 Å². The molecule has 0 saturated carbocycles. The number of carboxylic acids is 1. The van der Waals surface area contributed by atoms with Crippen molar-refractivity contribution in [1.82, 2.24) is 4.90 Å². The molecule has 0 heterocycles. The van der Waals surface area contributed by atoms with Crippen molar-refractivity contribution in [3.05, 3.63) is 24.3 Å². The van der Waals surface area contributed by atoms with E-state index in [4.69, 9.17) is 0 Å². The monoisotopic (exact) mass is 401 g/mol. The van der Waals surface area contributed by atoms with Crippen LogP contribution in [0.1, 0.15) is 104 Å². The molecule has 28 heavy (non-hydrogen) atoms. The SMILES string of the molecule is CCCCCC/C=C/CCCN(CCC/C=C/CCCCCC)CC(=O)[O-].[Na+]. The maximum absolute atomic E-state index is 10.9. The van der Waals surface area contributed by atoms with Gasteiger partial charge in [-0.25, -0.2) is 0 Å². The number of aliphatic carboxylic acids is 1. The second-order valence-electron chi connectivity index (χ2n) is 7.57. The van der Waals surface area contributed by atoms with Crippen LogP contribution in [0.4, 0.5) is 0 Å². The third kappa shape index (κ3) is 23.9. The molecule has 0 aliphatic heterocycles. The van der Waals surface area contributed by atoms with Crippen LogP contribution in [0.3, 0.4) is 0 Å². The molecule has 0 unspecified atom stereocenters. The fourth-order valence-electron chi connectivity index (χ4n) is 3.17. The van der Waals surface area contributed by atoms with Gasteiger partial charge in [-0.3, -0.25) is 4.90 Å². The van der Waals surface area contributed by atoms with Crippen molar-refractivity contribution in [2.45, 2.75) is 104 Å². The maximum Gasteiger partial charge on any atom is 1.00 e. The van der Waals surface area contributed by atoms with Crippen LogP contribution in [-0.4, -0.2) is 30.5 Å². The second kappa shape index (κ2) is 24.9. The van der Waals surface area contributed by atoms with Crippen LogP contribution in [0.5, 0.6) is 0 Å². The molecule has 0 aromatic rings. The molecule has 0 fully saturated rings. The molecule has 0 atom stereocenters. The molecule has 4 heteroatoms. The number of rotatable bonds is 20. The average molecular weight is 402 g/mol. The van der Waals surface area contributed by atoms with Crippen molar-refractivity contribution in [3.63, 3.8) is 0 Å². The van der Waals surface area contributed by atoms with Gasteiger partial charge in [-0.1, -0.05) is 76.7 Å². The molecule has 3 nitrogen and oxygen atoms in total. The zero-order chi connectivity index (χ0) is 20.0. The first-order chi connectivity index (χ1) is 13.2. The van der Waals surface area contributed by atoms with Crippen LogP contribution < -0.4 is 34.7 Å². The number of carbonyl (C=O) groups excluding carboxylic acids is 1. The maximum atomic E-state index is 10.9. The normalized spacial score (nSPS) is 11.5. The van der Waals surface area contributed by atoms with Gasteiger partial charge in [-0.2, -0.15) is 0 Å². The molecule has 0 radical (unpaired) electrons. The van der Waals surface area contributed by atoms with Gasteiger partial charge in [0.15, 0.2) is 0 Å². The van der Waals surface area contributed by atoms with Gasteiger partial charge >= 0.3 is 29.6 Å². The summed E-state index contributed by atoms with van der Waals surface area (Å²) < 4.78 is 0. The van der Waals surface area contributed by atoms with Crippen LogP contribution in [0.25, 0.3) is 0 Å². The Labute approximate surface area is 197 Å². The Balaban J connectivity index is 0. The molecule has 0 aliphatic rings. The van der Waals surface area contributed by atoms with Gasteiger partial charge in [-0.15, -0.1) is 0 Å². The number of hydrogen-bond acceptors (Lipinski definition) is 3. The van der Waals surface area contributed by atoms with Crippen LogP contribution in [0.15, 0.2) is 24.3 Å². The van der Waals surface area contributed by atoms with Crippen molar-refractivity contribution in [1.29, 1.82) is 0 Å². The predicted molar refractivity (Wildman–Crippen MR) is 116 cm³/mol. The molecule has 0 saturated heterocycles. The summed E-state index contributed by atoms with van der Waals surface area (Å²) in [6.45, 7) is 6.21. The fraction of sp³-hybridized carbons (Fsp3) is 0.792. The number of allylic oxidation sites excluding steroid dienone is 4. The summed E-state index contributed by atoms with van der Waals surface area (Å²) in [4.78, 5) is 13.0. The van der Waals surface area contributed by atoms with E-state index in [1.807, 2.05) is 4.90 Å². The van der Waals surface area contributed by atoms with Crippen LogP contribution >= 0.6 is 0 Å². The van der Waals surface area contributed by atoms with Gasteiger partial charge in [0, 0.05) is 6.54 Å². The van der Waals surface area contributed by atoms with E-state index in [1.54, 1.807) is 0 Å². The predicted octanol–water partition coefficient (Wildman–Crippen LogP) is 2.66. The van der Waals surface area contributed by atoms with Crippen LogP contribution in [0.2, 0.25) is 0 Å². The Hall–Kier alpha value is -0.0900. The Bertz CT molecular complexity index is 355. The topological polar surface area (TPSA) is 43.4 Å². The zero-order valence-corrected chi connectivity index (χ0v) is 21.1. The zero-order valence-electron chi connectivity index (χ0n) is 19.1. The molecule has 0 aromatic carbocycles. The summed E-state index contributed by atoms with van der Waals surface area (Å²) in [5.41, 5.74) is 0. The summed E-state index contributed by atoms with van der Waals surface area (Å²) in [7, 11) is 0. The molecule has 0 spiro atoms. The van der Waals surface area contributed by atoms with Gasteiger partial charge < -0.3 is 9.90 Å². The summed E-state index contributed by atoms with van der Waals surface area (Å²) in [6.07, 6.45) is 26.0. The fourth-order valence-corrected chi connectivity index (χ4v) is 3.17. The van der Waals surface area contributed by atoms with E-state index < -0.39 is 5.97 Å². The Morgan fingerprint density at radius 3 is 1.43 bits per heavy atom. The number of unbranched alkanes of at least 4 members (excludes halogenated alkanes) is 10. The first-order valence-electron chi connectivity index (χ1n) is 11.4. The van der Waals surface area contributed by atoms with Crippen molar-refractivity contribution < 1.29 is 39.5 Å². The molecular formula is C24H44NNaO2. The molecule has 0 rings (SSSR count). The first-order valence-corrected chi connectivity index (χ1v) is 11.4. The number of nitrogens with zero attached hydrogens (tertiary/aromatic N) is 1. The van der Waals surface area contributed by atoms with Gasteiger partial charge in [0.2, 0.25) is 0 Å². The summed E-state index contributed by atoms with van der Waals surface area (Å²) in [5, 5.41) is 10.9. The summed E-state index contributed by atoms with van der Waals surface area (Å²) in [5.74, 6) is -0.965. The third-order valence-electron chi connectivity index (χ3n) is 4.82. The number of hydrogen-bond donors (Lipinski definition) is 0. The van der Waals surface area contributed by atoms with Crippen LogP contribution in [-0.2, 0) is 4.79 Å². The summed E-state index contributed by atoms with van der Waals surface area (Å²) in [6, 6.07) is 0. The molecule has 0 N–H and O–H groups in total.